The number of unbranched alkanes of at least 4 members (excludes halogenated alkanes) is 1. The highest BCUT2D eigenvalue weighted by Gasteiger charge is 2.37. The van der Waals surface area contributed by atoms with Crippen LogP contribution in [0.25, 0.3) is 0 Å². The van der Waals surface area contributed by atoms with Crippen LogP contribution in [0.2, 0.25) is 0 Å². The lowest BCUT2D eigenvalue weighted by molar-refractivity contribution is -0.146. The van der Waals surface area contributed by atoms with Gasteiger partial charge in [-0.15, -0.1) is 0 Å². The van der Waals surface area contributed by atoms with Gasteiger partial charge in [0, 0.05) is 31.4 Å². The number of H-pyrrole nitrogens is 1. The molecule has 1 aromatic carbocycles. The second-order valence-corrected chi connectivity index (χ2v) is 18.7. The Bertz CT molecular complexity index is 2190. The van der Waals surface area contributed by atoms with Crippen LogP contribution in [0.1, 0.15) is 110 Å². The van der Waals surface area contributed by atoms with Gasteiger partial charge < -0.3 is 86.8 Å². The van der Waals surface area contributed by atoms with E-state index in [1.54, 1.807) is 45.9 Å². The van der Waals surface area contributed by atoms with E-state index in [9.17, 15) is 48.6 Å². The van der Waals surface area contributed by atoms with Gasteiger partial charge in [-0.1, -0.05) is 64.4 Å². The number of nitrogens with two attached hydrogens (primary N) is 6. The number of aliphatic imine (C=N–C) groups is 2. The lowest BCUT2D eigenvalue weighted by Gasteiger charge is -2.30. The van der Waals surface area contributed by atoms with Crippen LogP contribution in [0.4, 0.5) is 0 Å². The zero-order valence-corrected chi connectivity index (χ0v) is 43.6. The van der Waals surface area contributed by atoms with Crippen molar-refractivity contribution in [1.82, 2.24) is 47.2 Å². The maximum Gasteiger partial charge on any atom is 0.329 e. The molecule has 0 aliphatic heterocycles. The van der Waals surface area contributed by atoms with Crippen molar-refractivity contribution >= 4 is 59.2 Å². The van der Waals surface area contributed by atoms with Crippen LogP contribution in [0.15, 0.2) is 52.8 Å². The number of amides is 7. The fourth-order valence-electron chi connectivity index (χ4n) is 7.55. The third-order valence-electron chi connectivity index (χ3n) is 12.0. The van der Waals surface area contributed by atoms with E-state index < -0.39 is 108 Å². The second-order valence-electron chi connectivity index (χ2n) is 18.7. The maximum atomic E-state index is 14.4. The topological polar surface area (TPSA) is 471 Å². The highest BCUT2D eigenvalue weighted by atomic mass is 16.4. The van der Waals surface area contributed by atoms with Gasteiger partial charge in [-0.25, -0.2) is 9.78 Å². The number of carbonyl (C=O) groups excluding carboxylic acids is 7. The molecule has 0 radical (unpaired) electrons. The predicted octanol–water partition coefficient (Wildman–Crippen LogP) is -3.16. The molecule has 1 heterocycles. The number of nitrogens with one attached hydrogen (secondary N) is 8. The molecule has 0 saturated heterocycles. The molecule has 2 aromatic rings. The highest BCUT2D eigenvalue weighted by molar-refractivity contribution is 5.97. The Labute approximate surface area is 437 Å². The minimum atomic E-state index is -1.79. The molecule has 0 aliphatic carbocycles. The molecule has 1 aromatic heterocycles. The van der Waals surface area contributed by atoms with Crippen molar-refractivity contribution in [3.63, 3.8) is 0 Å². The number of guanidine groups is 2. The predicted molar refractivity (Wildman–Crippen MR) is 280 cm³/mol. The van der Waals surface area contributed by atoms with Crippen molar-refractivity contribution < 1.29 is 48.6 Å². The molecule has 0 unspecified atom stereocenters. The Balaban J connectivity index is 2.44. The van der Waals surface area contributed by atoms with Gasteiger partial charge >= 0.3 is 5.97 Å². The number of aromatic amines is 1. The van der Waals surface area contributed by atoms with Crippen molar-refractivity contribution in [2.45, 2.75) is 153 Å². The van der Waals surface area contributed by atoms with E-state index in [1.807, 2.05) is 0 Å². The number of benzene rings is 1. The van der Waals surface area contributed by atoms with Crippen LogP contribution in [0.5, 0.6) is 0 Å². The van der Waals surface area contributed by atoms with Gasteiger partial charge in [-0.2, -0.15) is 0 Å². The number of carboxylic acid groups (broad SMARTS) is 1. The van der Waals surface area contributed by atoms with Crippen LogP contribution in [-0.4, -0.2) is 147 Å². The molecule has 418 valence electrons. The van der Waals surface area contributed by atoms with E-state index in [1.165, 1.54) is 31.6 Å². The lowest BCUT2D eigenvalue weighted by atomic mass is 9.95. The number of nitrogens with zero attached hydrogens (tertiary/aromatic N) is 3. The average molecular weight is 1060 g/mol. The monoisotopic (exact) mass is 1060 g/mol. The van der Waals surface area contributed by atoms with Crippen LogP contribution >= 0.6 is 0 Å². The van der Waals surface area contributed by atoms with Crippen LogP contribution in [0.3, 0.4) is 0 Å². The molecule has 0 spiro atoms. The molecule has 0 saturated carbocycles. The summed E-state index contributed by atoms with van der Waals surface area (Å²) in [6.07, 6.45) is 2.94. The Kier molecular flexibility index (Phi) is 28.4. The molecule has 2 rings (SSSR count). The first-order chi connectivity index (χ1) is 35.5. The van der Waals surface area contributed by atoms with Gasteiger partial charge in [0.2, 0.25) is 41.4 Å². The van der Waals surface area contributed by atoms with E-state index in [0.29, 0.717) is 25.0 Å². The number of aliphatic hydroxyl groups is 1. The molecule has 22 N–H and O–H groups in total. The number of aliphatic carboxylic acids is 1. The van der Waals surface area contributed by atoms with Gasteiger partial charge in [-0.05, 0) is 82.2 Å². The molecular weight excluding hydrogens is 975 g/mol. The number of hydrogen-bond acceptors (Lipinski definition) is 14. The van der Waals surface area contributed by atoms with Crippen LogP contribution in [-0.2, 0) is 44.8 Å². The van der Waals surface area contributed by atoms with Crippen molar-refractivity contribution in [1.29, 1.82) is 0 Å². The number of hydrogen-bond donors (Lipinski definition) is 16. The van der Waals surface area contributed by atoms with E-state index in [4.69, 9.17) is 34.4 Å². The van der Waals surface area contributed by atoms with Gasteiger partial charge in [0.15, 0.2) is 18.0 Å². The standard InChI is InChI=1S/C48H81N17O10/c1-6-27(4)36(45(73)65-37(46(74)75)38(66)29-14-8-7-9-15-29)64-44(72)35(22-26(2)3)63-43(71)34(18-13-21-57-48(53)54)62-42(70)33(17-12-20-56-47(51)52)61-41(69)32(16-10-11-19-49)60-39(67)28(5)59-40(68)31(50)23-30-24-55-25-58-30/h7-9,14-15,24-28,31-38,66H,6,10-13,16-23,49-50H2,1-5H3,(H,55,58)(H,59,68)(H,60,67)(H,61,69)(H,62,70)(H,63,71)(H,64,72)(H,65,73)(H,74,75)(H4,51,52,56)(H4,53,54,57)/t27-,28-,31-,32-,33-,34-,35-,36-,37-,38+/m0/s1. The zero-order valence-electron chi connectivity index (χ0n) is 43.6. The normalized spacial score (nSPS) is 15.1. The van der Waals surface area contributed by atoms with E-state index in [2.05, 4.69) is 57.2 Å². The first kappa shape index (κ1) is 63.7. The summed E-state index contributed by atoms with van der Waals surface area (Å²) in [4.78, 5) is 124. The Morgan fingerprint density at radius 3 is 1.60 bits per heavy atom. The summed E-state index contributed by atoms with van der Waals surface area (Å²) in [5.41, 5.74) is 34.8. The fraction of sp³-hybridized carbons (Fsp3) is 0.604. The third kappa shape index (κ3) is 23.6. The largest absolute Gasteiger partial charge is 0.480 e. The van der Waals surface area contributed by atoms with Crippen molar-refractivity contribution in [3.05, 3.63) is 54.1 Å². The van der Waals surface area contributed by atoms with Gasteiger partial charge in [0.1, 0.15) is 42.4 Å². The minimum absolute atomic E-state index is 0.0395. The zero-order chi connectivity index (χ0) is 56.2. The SMILES string of the molecule is CC[C@H](C)[C@H](NC(=O)[C@H](CC(C)C)NC(=O)[C@H](CCCN=C(N)N)NC(=O)[C@H](CCCN=C(N)N)NC(=O)[C@H](CCCCN)NC(=O)[C@H](C)NC(=O)[C@@H](N)Cc1cnc[nH]1)C(=O)N[C@H](C(=O)O)[C@H](O)c1ccccc1. The molecule has 75 heavy (non-hydrogen) atoms. The molecule has 0 aliphatic rings. The number of rotatable bonds is 35. The molecule has 10 atom stereocenters. The number of aromatic nitrogens is 2. The number of aliphatic hydroxyl groups excluding tert-OH is 1. The quantitative estimate of drug-likeness (QED) is 0.0184. The summed E-state index contributed by atoms with van der Waals surface area (Å²) in [5.74, 6) is -8.21. The summed E-state index contributed by atoms with van der Waals surface area (Å²) < 4.78 is 0. The summed E-state index contributed by atoms with van der Waals surface area (Å²) in [6.45, 7) is 8.79. The number of carbonyl (C=O) groups is 8. The second kappa shape index (κ2) is 33.4. The Hall–Kier alpha value is -7.39. The summed E-state index contributed by atoms with van der Waals surface area (Å²) >= 11 is 0. The highest BCUT2D eigenvalue weighted by Crippen LogP contribution is 2.19. The molecule has 27 nitrogen and oxygen atoms in total. The lowest BCUT2D eigenvalue weighted by Crippen LogP contribution is -2.61. The first-order valence-corrected chi connectivity index (χ1v) is 25.1. The van der Waals surface area contributed by atoms with Crippen molar-refractivity contribution in [3.8, 4) is 0 Å². The van der Waals surface area contributed by atoms with E-state index in [0.717, 1.165) is 0 Å². The molecule has 7 amide bonds. The number of carboxylic acids is 1. The van der Waals surface area contributed by atoms with Crippen LogP contribution in [0, 0.1) is 11.8 Å². The Morgan fingerprint density at radius 1 is 0.640 bits per heavy atom. The first-order valence-electron chi connectivity index (χ1n) is 25.1. The minimum Gasteiger partial charge on any atom is -0.480 e. The Morgan fingerprint density at radius 2 is 1.13 bits per heavy atom. The average Bonchev–Trinajstić information content (AvgIpc) is 3.88. The summed E-state index contributed by atoms with van der Waals surface area (Å²) in [5, 5.41) is 39.3. The van der Waals surface area contributed by atoms with E-state index >= 15 is 0 Å². The number of imidazole rings is 1. The van der Waals surface area contributed by atoms with E-state index in [-0.39, 0.29) is 88.0 Å². The molecule has 27 heteroatoms. The fourth-order valence-corrected chi connectivity index (χ4v) is 7.55. The third-order valence-corrected chi connectivity index (χ3v) is 12.0. The van der Waals surface area contributed by atoms with Crippen molar-refractivity contribution in [2.75, 3.05) is 19.6 Å². The van der Waals surface area contributed by atoms with Gasteiger partial charge in [0.05, 0.1) is 12.4 Å². The molecule has 0 fully saturated rings. The summed E-state index contributed by atoms with van der Waals surface area (Å²) in [6, 6.07) is -2.66. The molecule has 0 bridgehead atoms. The van der Waals surface area contributed by atoms with Gasteiger partial charge in [-0.3, -0.25) is 43.5 Å². The van der Waals surface area contributed by atoms with Crippen molar-refractivity contribution in [2.24, 2.45) is 56.2 Å². The molecular formula is C48H81N17O10. The van der Waals surface area contributed by atoms with Gasteiger partial charge in [0.25, 0.3) is 0 Å². The summed E-state index contributed by atoms with van der Waals surface area (Å²) in [7, 11) is 0. The smallest absolute Gasteiger partial charge is 0.329 e. The van der Waals surface area contributed by atoms with Crippen LogP contribution < -0.4 is 71.6 Å². The maximum absolute atomic E-state index is 14.4.